The van der Waals surface area contributed by atoms with Gasteiger partial charge in [-0.25, -0.2) is 9.97 Å². The van der Waals surface area contributed by atoms with Crippen molar-refractivity contribution in [3.63, 3.8) is 0 Å². The minimum Gasteiger partial charge on any atom is -0.386 e. The summed E-state index contributed by atoms with van der Waals surface area (Å²) in [6.07, 6.45) is 6.43. The maximum absolute atomic E-state index is 12.2. The average Bonchev–Trinajstić information content (AvgIpc) is 2.61. The lowest BCUT2D eigenvalue weighted by Gasteiger charge is -2.39. The topological polar surface area (TPSA) is 87.6 Å². The molecule has 2 aliphatic rings. The molecule has 7 nitrogen and oxygen atoms in total. The highest BCUT2D eigenvalue weighted by atomic mass is 16.5. The molecular weight excluding hydrogens is 296 g/mol. The third kappa shape index (κ3) is 4.17. The molecular formula is C16H24N4O3. The Bertz CT molecular complexity index is 521. The summed E-state index contributed by atoms with van der Waals surface area (Å²) in [4.78, 5) is 22.7. The number of carbonyl (C=O) groups is 1. The Morgan fingerprint density at radius 1 is 1.39 bits per heavy atom. The molecule has 126 valence electrons. The molecule has 0 saturated carbocycles. The molecule has 0 aliphatic carbocycles. The minimum atomic E-state index is -0.932. The number of rotatable bonds is 4. The largest absolute Gasteiger partial charge is 0.386 e. The molecule has 1 unspecified atom stereocenters. The second-order valence-electron chi connectivity index (χ2n) is 6.40. The van der Waals surface area contributed by atoms with E-state index in [2.05, 4.69) is 15.3 Å². The van der Waals surface area contributed by atoms with Crippen LogP contribution in [0.5, 0.6) is 0 Å². The smallest absolute Gasteiger partial charge is 0.225 e. The van der Waals surface area contributed by atoms with Crippen LogP contribution in [0.25, 0.3) is 0 Å². The first-order valence-corrected chi connectivity index (χ1v) is 8.26. The van der Waals surface area contributed by atoms with Crippen LogP contribution in [0.15, 0.2) is 18.5 Å². The van der Waals surface area contributed by atoms with Crippen LogP contribution >= 0.6 is 0 Å². The average molecular weight is 320 g/mol. The van der Waals surface area contributed by atoms with Crippen molar-refractivity contribution in [1.29, 1.82) is 0 Å². The van der Waals surface area contributed by atoms with E-state index < -0.39 is 5.60 Å². The first-order chi connectivity index (χ1) is 11.2. The van der Waals surface area contributed by atoms with Crippen molar-refractivity contribution in [2.45, 2.75) is 31.3 Å². The van der Waals surface area contributed by atoms with Crippen LogP contribution in [0, 0.1) is 5.92 Å². The molecule has 1 aromatic rings. The number of hydrogen-bond donors (Lipinski definition) is 2. The van der Waals surface area contributed by atoms with Gasteiger partial charge in [-0.3, -0.25) is 4.79 Å². The molecule has 0 spiro atoms. The van der Waals surface area contributed by atoms with E-state index in [4.69, 9.17) is 4.74 Å². The third-order valence-corrected chi connectivity index (χ3v) is 4.57. The Morgan fingerprint density at radius 3 is 2.87 bits per heavy atom. The fourth-order valence-corrected chi connectivity index (χ4v) is 3.24. The summed E-state index contributed by atoms with van der Waals surface area (Å²) in [5.74, 6) is 0.653. The van der Waals surface area contributed by atoms with Crippen molar-refractivity contribution in [2.75, 3.05) is 37.7 Å². The lowest BCUT2D eigenvalue weighted by Crippen LogP contribution is -2.55. The summed E-state index contributed by atoms with van der Waals surface area (Å²) < 4.78 is 5.28. The summed E-state index contributed by atoms with van der Waals surface area (Å²) in [7, 11) is 0. The van der Waals surface area contributed by atoms with Crippen molar-refractivity contribution in [3.05, 3.63) is 18.5 Å². The molecule has 2 fully saturated rings. The zero-order valence-electron chi connectivity index (χ0n) is 13.3. The highest BCUT2D eigenvalue weighted by molar-refractivity contribution is 5.78. The van der Waals surface area contributed by atoms with Gasteiger partial charge in [0.25, 0.3) is 0 Å². The van der Waals surface area contributed by atoms with E-state index in [1.54, 1.807) is 18.5 Å². The number of ether oxygens (including phenoxy) is 1. The van der Waals surface area contributed by atoms with Gasteiger partial charge in [0.1, 0.15) is 0 Å². The fourth-order valence-electron chi connectivity index (χ4n) is 3.24. The fraction of sp³-hybridized carbons (Fsp3) is 0.688. The molecule has 23 heavy (non-hydrogen) atoms. The zero-order chi connectivity index (χ0) is 16.1. The highest BCUT2D eigenvalue weighted by Crippen LogP contribution is 2.23. The van der Waals surface area contributed by atoms with Gasteiger partial charge in [-0.1, -0.05) is 0 Å². The second-order valence-corrected chi connectivity index (χ2v) is 6.40. The Kier molecular flexibility index (Phi) is 5.07. The lowest BCUT2D eigenvalue weighted by atomic mass is 9.92. The maximum Gasteiger partial charge on any atom is 0.225 e. The molecule has 7 heteroatoms. The molecule has 0 bridgehead atoms. The van der Waals surface area contributed by atoms with Crippen LogP contribution in [0.4, 0.5) is 5.95 Å². The van der Waals surface area contributed by atoms with Gasteiger partial charge in [0.05, 0.1) is 12.1 Å². The van der Waals surface area contributed by atoms with Crippen LogP contribution in [0.1, 0.15) is 25.7 Å². The standard InChI is InChI=1S/C16H24N4O3/c21-14(13-3-9-23-10-4-13)19-11-16(22)5-1-8-20(12-16)15-17-6-2-7-18-15/h2,6-7,13,22H,1,3-5,8-12H2,(H,19,21). The van der Waals surface area contributed by atoms with E-state index in [1.807, 2.05) is 4.90 Å². The second kappa shape index (κ2) is 7.23. The van der Waals surface area contributed by atoms with Crippen molar-refractivity contribution >= 4 is 11.9 Å². The van der Waals surface area contributed by atoms with Gasteiger partial charge >= 0.3 is 0 Å². The molecule has 0 aromatic carbocycles. The number of piperidine rings is 1. The predicted octanol–water partition coefficient (Wildman–Crippen LogP) is 0.351. The molecule has 2 aliphatic heterocycles. The van der Waals surface area contributed by atoms with E-state index in [0.717, 1.165) is 25.8 Å². The number of nitrogens with zero attached hydrogens (tertiary/aromatic N) is 3. The van der Waals surface area contributed by atoms with Gasteiger partial charge in [-0.15, -0.1) is 0 Å². The van der Waals surface area contributed by atoms with Gasteiger partial charge in [0, 0.05) is 44.6 Å². The molecule has 1 aromatic heterocycles. The Hall–Kier alpha value is -1.73. The zero-order valence-corrected chi connectivity index (χ0v) is 13.3. The summed E-state index contributed by atoms with van der Waals surface area (Å²) in [5, 5.41) is 13.7. The van der Waals surface area contributed by atoms with E-state index >= 15 is 0 Å². The van der Waals surface area contributed by atoms with E-state index in [9.17, 15) is 9.90 Å². The van der Waals surface area contributed by atoms with E-state index in [0.29, 0.717) is 32.1 Å². The van der Waals surface area contributed by atoms with E-state index in [-0.39, 0.29) is 18.4 Å². The predicted molar refractivity (Wildman–Crippen MR) is 85.0 cm³/mol. The summed E-state index contributed by atoms with van der Waals surface area (Å²) in [6, 6.07) is 1.77. The van der Waals surface area contributed by atoms with Gasteiger partial charge in [-0.2, -0.15) is 0 Å². The maximum atomic E-state index is 12.2. The third-order valence-electron chi connectivity index (χ3n) is 4.57. The van der Waals surface area contributed by atoms with Gasteiger partial charge in [0.15, 0.2) is 0 Å². The lowest BCUT2D eigenvalue weighted by molar-refractivity contribution is -0.129. The number of nitrogens with one attached hydrogen (secondary N) is 1. The first kappa shape index (κ1) is 16.1. The first-order valence-electron chi connectivity index (χ1n) is 8.26. The molecule has 3 heterocycles. The van der Waals surface area contributed by atoms with Crippen LogP contribution < -0.4 is 10.2 Å². The van der Waals surface area contributed by atoms with Crippen LogP contribution in [0.3, 0.4) is 0 Å². The van der Waals surface area contributed by atoms with Crippen LogP contribution in [-0.4, -0.2) is 59.4 Å². The van der Waals surface area contributed by atoms with Crippen molar-refractivity contribution in [2.24, 2.45) is 5.92 Å². The minimum absolute atomic E-state index is 0.00417. The van der Waals surface area contributed by atoms with Crippen LogP contribution in [-0.2, 0) is 9.53 Å². The monoisotopic (exact) mass is 320 g/mol. The van der Waals surface area contributed by atoms with Gasteiger partial charge < -0.3 is 20.1 Å². The number of anilines is 1. The van der Waals surface area contributed by atoms with E-state index in [1.165, 1.54) is 0 Å². The quantitative estimate of drug-likeness (QED) is 0.832. The number of aromatic nitrogens is 2. The number of β-amino-alcohol motifs (C(OH)–C–C–N with tert-alkyl or cyclic N) is 1. The molecule has 0 radical (unpaired) electrons. The Balaban J connectivity index is 1.54. The van der Waals surface area contributed by atoms with Gasteiger partial charge in [0.2, 0.25) is 11.9 Å². The Morgan fingerprint density at radius 2 is 2.13 bits per heavy atom. The van der Waals surface area contributed by atoms with Crippen molar-refractivity contribution < 1.29 is 14.6 Å². The summed E-state index contributed by atoms with van der Waals surface area (Å²) in [6.45, 7) is 2.81. The summed E-state index contributed by atoms with van der Waals surface area (Å²) >= 11 is 0. The molecule has 3 rings (SSSR count). The SMILES string of the molecule is O=C(NCC1(O)CCCN(c2ncccn2)C1)C1CCOCC1. The van der Waals surface area contributed by atoms with Crippen LogP contribution in [0.2, 0.25) is 0 Å². The molecule has 2 saturated heterocycles. The number of hydrogen-bond acceptors (Lipinski definition) is 6. The summed E-state index contributed by atoms with van der Waals surface area (Å²) in [5.41, 5.74) is -0.932. The Labute approximate surface area is 136 Å². The number of aliphatic hydroxyl groups is 1. The van der Waals surface area contributed by atoms with Crippen molar-refractivity contribution in [3.8, 4) is 0 Å². The molecule has 1 amide bonds. The number of carbonyl (C=O) groups excluding carboxylic acids is 1. The molecule has 1 atom stereocenters. The number of amides is 1. The van der Waals surface area contributed by atoms with Crippen molar-refractivity contribution in [1.82, 2.24) is 15.3 Å². The molecule has 2 N–H and O–H groups in total. The highest BCUT2D eigenvalue weighted by Gasteiger charge is 2.35. The van der Waals surface area contributed by atoms with Gasteiger partial charge in [-0.05, 0) is 31.7 Å². The normalized spacial score (nSPS) is 26.0.